The molecule has 0 atom stereocenters. The summed E-state index contributed by atoms with van der Waals surface area (Å²) in [6.07, 6.45) is 1.49. The molecular formula is C9H7ClN4O2. The summed E-state index contributed by atoms with van der Waals surface area (Å²) in [6.45, 7) is 0. The van der Waals surface area contributed by atoms with Gasteiger partial charge in [-0.15, -0.1) is 0 Å². The van der Waals surface area contributed by atoms with Crippen LogP contribution in [0.1, 0.15) is 10.5 Å². The molecule has 0 aliphatic rings. The quantitative estimate of drug-likeness (QED) is 0.806. The molecular weight excluding hydrogens is 232 g/mol. The van der Waals surface area contributed by atoms with Gasteiger partial charge in [0.25, 0.3) is 5.91 Å². The van der Waals surface area contributed by atoms with Crippen LogP contribution < -0.4 is 5.73 Å². The van der Waals surface area contributed by atoms with Gasteiger partial charge in [0, 0.05) is 12.3 Å². The molecule has 2 aromatic heterocycles. The second-order valence-electron chi connectivity index (χ2n) is 2.97. The Hall–Kier alpha value is -2.08. The summed E-state index contributed by atoms with van der Waals surface area (Å²) in [7, 11) is 0. The SMILES string of the molecule is NC(=O)c1cc(O)n(-c2ncccc2Cl)n1. The van der Waals surface area contributed by atoms with Crippen LogP contribution >= 0.6 is 11.6 Å². The minimum Gasteiger partial charge on any atom is -0.493 e. The zero-order valence-corrected chi connectivity index (χ0v) is 8.72. The van der Waals surface area contributed by atoms with Gasteiger partial charge in [0.1, 0.15) is 0 Å². The number of rotatable bonds is 2. The number of primary amides is 1. The van der Waals surface area contributed by atoms with Gasteiger partial charge < -0.3 is 10.8 Å². The van der Waals surface area contributed by atoms with Crippen LogP contribution in [0.15, 0.2) is 24.4 Å². The van der Waals surface area contributed by atoms with Crippen LogP contribution in [0.2, 0.25) is 5.02 Å². The van der Waals surface area contributed by atoms with Gasteiger partial charge in [-0.05, 0) is 12.1 Å². The average molecular weight is 239 g/mol. The number of carbonyl (C=O) groups excluding carboxylic acids is 1. The number of amides is 1. The highest BCUT2D eigenvalue weighted by Gasteiger charge is 2.14. The number of hydrogen-bond donors (Lipinski definition) is 2. The summed E-state index contributed by atoms with van der Waals surface area (Å²) in [6, 6.07) is 4.38. The van der Waals surface area contributed by atoms with E-state index in [0.717, 1.165) is 10.7 Å². The fraction of sp³-hybridized carbons (Fsp3) is 0. The maximum atomic E-state index is 10.9. The van der Waals surface area contributed by atoms with Crippen molar-refractivity contribution in [3.05, 3.63) is 35.1 Å². The Morgan fingerprint density at radius 1 is 1.56 bits per heavy atom. The van der Waals surface area contributed by atoms with Crippen molar-refractivity contribution in [2.24, 2.45) is 5.73 Å². The second kappa shape index (κ2) is 3.82. The van der Waals surface area contributed by atoms with Crippen LogP contribution in [0.25, 0.3) is 5.82 Å². The van der Waals surface area contributed by atoms with Crippen molar-refractivity contribution < 1.29 is 9.90 Å². The molecule has 0 spiro atoms. The van der Waals surface area contributed by atoms with Gasteiger partial charge in [-0.3, -0.25) is 4.79 Å². The maximum Gasteiger partial charge on any atom is 0.269 e. The Morgan fingerprint density at radius 2 is 2.31 bits per heavy atom. The fourth-order valence-corrected chi connectivity index (χ4v) is 1.38. The van der Waals surface area contributed by atoms with Crippen LogP contribution in [0.4, 0.5) is 0 Å². The van der Waals surface area contributed by atoms with Gasteiger partial charge in [0.05, 0.1) is 5.02 Å². The maximum absolute atomic E-state index is 10.9. The summed E-state index contributed by atoms with van der Waals surface area (Å²) in [5.74, 6) is -0.760. The van der Waals surface area contributed by atoms with Crippen molar-refractivity contribution in [3.8, 4) is 11.7 Å². The monoisotopic (exact) mass is 238 g/mol. The Balaban J connectivity index is 2.57. The van der Waals surface area contributed by atoms with E-state index in [1.807, 2.05) is 0 Å². The third-order valence-electron chi connectivity index (χ3n) is 1.88. The number of nitrogens with zero attached hydrogens (tertiary/aromatic N) is 3. The molecule has 16 heavy (non-hydrogen) atoms. The highest BCUT2D eigenvalue weighted by atomic mass is 35.5. The summed E-state index contributed by atoms with van der Waals surface area (Å²) >= 11 is 5.87. The lowest BCUT2D eigenvalue weighted by molar-refractivity contribution is 0.0995. The smallest absolute Gasteiger partial charge is 0.269 e. The van der Waals surface area contributed by atoms with E-state index in [1.54, 1.807) is 12.1 Å². The van der Waals surface area contributed by atoms with E-state index in [-0.39, 0.29) is 17.4 Å². The molecule has 2 heterocycles. The van der Waals surface area contributed by atoms with Crippen LogP contribution in [0, 0.1) is 0 Å². The largest absolute Gasteiger partial charge is 0.493 e. The molecule has 0 aliphatic heterocycles. The molecule has 0 bridgehead atoms. The van der Waals surface area contributed by atoms with Gasteiger partial charge in [-0.2, -0.15) is 9.78 Å². The van der Waals surface area contributed by atoms with Crippen LogP contribution in [0.3, 0.4) is 0 Å². The van der Waals surface area contributed by atoms with E-state index in [4.69, 9.17) is 17.3 Å². The van der Waals surface area contributed by atoms with E-state index < -0.39 is 5.91 Å². The molecule has 7 heteroatoms. The van der Waals surface area contributed by atoms with E-state index in [0.29, 0.717) is 5.02 Å². The lowest BCUT2D eigenvalue weighted by Crippen LogP contribution is -2.12. The first kappa shape index (κ1) is 10.4. The minimum atomic E-state index is -0.735. The lowest BCUT2D eigenvalue weighted by atomic mass is 10.4. The number of pyridine rings is 1. The molecule has 0 saturated heterocycles. The molecule has 0 unspecified atom stereocenters. The second-order valence-corrected chi connectivity index (χ2v) is 3.38. The predicted molar refractivity (Wildman–Crippen MR) is 56.6 cm³/mol. The number of nitrogens with two attached hydrogens (primary N) is 1. The summed E-state index contributed by atoms with van der Waals surface area (Å²) < 4.78 is 1.04. The van der Waals surface area contributed by atoms with Crippen LogP contribution in [-0.4, -0.2) is 25.8 Å². The molecule has 1 amide bonds. The van der Waals surface area contributed by atoms with Crippen molar-refractivity contribution in [1.29, 1.82) is 0 Å². The Morgan fingerprint density at radius 3 is 2.88 bits per heavy atom. The normalized spacial score (nSPS) is 10.3. The zero-order chi connectivity index (χ0) is 11.7. The molecule has 6 nitrogen and oxygen atoms in total. The number of hydrogen-bond acceptors (Lipinski definition) is 4. The zero-order valence-electron chi connectivity index (χ0n) is 7.96. The fourth-order valence-electron chi connectivity index (χ4n) is 1.18. The molecule has 2 aromatic rings. The van der Waals surface area contributed by atoms with Crippen molar-refractivity contribution in [1.82, 2.24) is 14.8 Å². The standard InChI is InChI=1S/C9H7ClN4O2/c10-5-2-1-3-12-9(5)14-7(15)4-6(13-14)8(11)16/h1-4,15H,(H2,11,16). The first-order valence-corrected chi connectivity index (χ1v) is 4.67. The summed E-state index contributed by atoms with van der Waals surface area (Å²) in [5, 5.41) is 13.6. The molecule has 3 N–H and O–H groups in total. The van der Waals surface area contributed by atoms with Gasteiger partial charge in [-0.25, -0.2) is 4.98 Å². The van der Waals surface area contributed by atoms with E-state index in [9.17, 15) is 9.90 Å². The average Bonchev–Trinajstić information content (AvgIpc) is 2.61. The number of halogens is 1. The van der Waals surface area contributed by atoms with Gasteiger partial charge in [0.15, 0.2) is 11.5 Å². The van der Waals surface area contributed by atoms with Crippen molar-refractivity contribution in [2.45, 2.75) is 0 Å². The molecule has 0 fully saturated rings. The molecule has 0 saturated carbocycles. The Bertz CT molecular complexity index is 552. The van der Waals surface area contributed by atoms with Crippen molar-refractivity contribution in [2.75, 3.05) is 0 Å². The van der Waals surface area contributed by atoms with E-state index in [1.165, 1.54) is 6.20 Å². The number of aromatic nitrogens is 3. The first-order chi connectivity index (χ1) is 7.59. The predicted octanol–water partition coefficient (Wildman–Crippen LogP) is 0.725. The minimum absolute atomic E-state index is 0.0563. The van der Waals surface area contributed by atoms with Crippen molar-refractivity contribution >= 4 is 17.5 Å². The third-order valence-corrected chi connectivity index (χ3v) is 2.18. The highest BCUT2D eigenvalue weighted by Crippen LogP contribution is 2.22. The Labute approximate surface area is 95.3 Å². The van der Waals surface area contributed by atoms with E-state index in [2.05, 4.69) is 10.1 Å². The van der Waals surface area contributed by atoms with Crippen molar-refractivity contribution in [3.63, 3.8) is 0 Å². The summed E-state index contributed by atoms with van der Waals surface area (Å²) in [4.78, 5) is 14.8. The van der Waals surface area contributed by atoms with Gasteiger partial charge >= 0.3 is 0 Å². The molecule has 0 aliphatic carbocycles. The van der Waals surface area contributed by atoms with Gasteiger partial charge in [-0.1, -0.05) is 11.6 Å². The van der Waals surface area contributed by atoms with Crippen LogP contribution in [0.5, 0.6) is 5.88 Å². The van der Waals surface area contributed by atoms with E-state index >= 15 is 0 Å². The number of aromatic hydroxyl groups is 1. The Kier molecular flexibility index (Phi) is 2.49. The topological polar surface area (TPSA) is 94.0 Å². The molecule has 82 valence electrons. The summed E-state index contributed by atoms with van der Waals surface area (Å²) in [5.41, 5.74) is 4.98. The molecule has 0 radical (unpaired) electrons. The third kappa shape index (κ3) is 1.70. The highest BCUT2D eigenvalue weighted by molar-refractivity contribution is 6.32. The lowest BCUT2D eigenvalue weighted by Gasteiger charge is -2.02. The first-order valence-electron chi connectivity index (χ1n) is 4.29. The van der Waals surface area contributed by atoms with Gasteiger partial charge in [0.2, 0.25) is 5.88 Å². The molecule has 0 aromatic carbocycles. The van der Waals surface area contributed by atoms with Crippen LogP contribution in [-0.2, 0) is 0 Å². The molecule has 2 rings (SSSR count). The number of carbonyl (C=O) groups is 1.